The van der Waals surface area contributed by atoms with Gasteiger partial charge in [0.25, 0.3) is 15.6 Å². The monoisotopic (exact) mass is 536 g/mol. The first-order chi connectivity index (χ1) is 16.9. The molecule has 0 amide bonds. The highest BCUT2D eigenvalue weighted by atomic mass is 35.5. The fourth-order valence-electron chi connectivity index (χ4n) is 3.62. The van der Waals surface area contributed by atoms with Gasteiger partial charge in [0.1, 0.15) is 11.5 Å². The van der Waals surface area contributed by atoms with Crippen LogP contribution < -0.4 is 20.8 Å². The largest absolute Gasteiger partial charge is 0.480 e. The van der Waals surface area contributed by atoms with Gasteiger partial charge in [0, 0.05) is 23.8 Å². The number of rotatable bonds is 6. The van der Waals surface area contributed by atoms with Crippen LogP contribution in [0.25, 0.3) is 22.2 Å². The number of methoxy groups -OCH3 is 1. The maximum atomic E-state index is 15.7. The molecule has 0 spiro atoms. The second-order valence-electron chi connectivity index (χ2n) is 7.88. The van der Waals surface area contributed by atoms with Gasteiger partial charge < -0.3 is 10.5 Å². The molecule has 4 rings (SSSR count). The van der Waals surface area contributed by atoms with Gasteiger partial charge in [0.15, 0.2) is 10.7 Å². The Hall–Kier alpha value is -3.84. The molecule has 0 bridgehead atoms. The number of nitrogens with one attached hydrogen (secondary N) is 1. The van der Waals surface area contributed by atoms with E-state index in [9.17, 15) is 17.6 Å². The summed E-state index contributed by atoms with van der Waals surface area (Å²) in [6, 6.07) is 3.56. The van der Waals surface area contributed by atoms with Crippen LogP contribution >= 0.6 is 11.6 Å². The Bertz CT molecular complexity index is 1680. The van der Waals surface area contributed by atoms with Crippen LogP contribution in [0.2, 0.25) is 5.02 Å². The van der Waals surface area contributed by atoms with Crippen molar-refractivity contribution in [3.63, 3.8) is 0 Å². The maximum Gasteiger partial charge on any atom is 0.267 e. The number of hydrogen-bond donors (Lipinski definition) is 2. The molecule has 10 nitrogen and oxygen atoms in total. The molecule has 14 heteroatoms. The first-order valence-corrected chi connectivity index (χ1v) is 12.2. The van der Waals surface area contributed by atoms with Crippen molar-refractivity contribution in [1.82, 2.24) is 19.5 Å². The number of sulfonamides is 1. The highest BCUT2D eigenvalue weighted by molar-refractivity contribution is 7.92. The third-order valence-corrected chi connectivity index (χ3v) is 6.75. The van der Waals surface area contributed by atoms with Gasteiger partial charge in [-0.15, -0.1) is 0 Å². The molecule has 3 N–H and O–H groups in total. The fraction of sp³-hybridized carbons (Fsp3) is 0.182. The Labute approximate surface area is 208 Å². The Morgan fingerprint density at radius 1 is 1.17 bits per heavy atom. The maximum absolute atomic E-state index is 15.7. The number of ether oxygens (including phenoxy) is 1. The number of nitrogens with zero attached hydrogens (tertiary/aromatic N) is 4. The van der Waals surface area contributed by atoms with Crippen LogP contribution in [-0.4, -0.2) is 35.0 Å². The molecule has 0 radical (unpaired) electrons. The normalized spacial score (nSPS) is 11.8. The number of hydrogen-bond acceptors (Lipinski definition) is 8. The van der Waals surface area contributed by atoms with Gasteiger partial charge >= 0.3 is 0 Å². The fourth-order valence-corrected chi connectivity index (χ4v) is 5.05. The Balaban J connectivity index is 1.92. The zero-order chi connectivity index (χ0) is 26.4. The molecule has 1 aromatic carbocycles. The third kappa shape index (κ3) is 4.42. The molecule has 0 saturated heterocycles. The zero-order valence-corrected chi connectivity index (χ0v) is 20.7. The van der Waals surface area contributed by atoms with E-state index in [1.807, 2.05) is 4.72 Å². The molecule has 3 aromatic heterocycles. The second-order valence-corrected chi connectivity index (χ2v) is 9.97. The van der Waals surface area contributed by atoms with E-state index in [1.54, 1.807) is 13.8 Å². The van der Waals surface area contributed by atoms with Crippen LogP contribution in [0, 0.1) is 11.6 Å². The lowest BCUT2D eigenvalue weighted by molar-refractivity contribution is 0.385. The number of benzene rings is 1. The summed E-state index contributed by atoms with van der Waals surface area (Å²) in [5, 5.41) is 0.289. The highest BCUT2D eigenvalue weighted by Gasteiger charge is 2.26. The van der Waals surface area contributed by atoms with E-state index in [0.29, 0.717) is 5.39 Å². The van der Waals surface area contributed by atoms with Gasteiger partial charge in [0.05, 0.1) is 28.9 Å². The summed E-state index contributed by atoms with van der Waals surface area (Å²) in [6.07, 6.45) is 2.49. The molecule has 3 heterocycles. The van der Waals surface area contributed by atoms with E-state index in [4.69, 9.17) is 22.1 Å². The number of anilines is 2. The molecule has 0 fully saturated rings. The topological polar surface area (TPSA) is 142 Å². The number of nitrogens with two attached hydrogens (primary N) is 1. The van der Waals surface area contributed by atoms with Crippen molar-refractivity contribution in [2.75, 3.05) is 17.6 Å². The third-order valence-electron chi connectivity index (χ3n) is 5.18. The van der Waals surface area contributed by atoms with Crippen LogP contribution in [0.4, 0.5) is 20.4 Å². The molecule has 188 valence electrons. The smallest absolute Gasteiger partial charge is 0.267 e. The van der Waals surface area contributed by atoms with Gasteiger partial charge in [-0.25, -0.2) is 27.2 Å². The minimum Gasteiger partial charge on any atom is -0.480 e. The van der Waals surface area contributed by atoms with E-state index in [1.165, 1.54) is 30.1 Å². The van der Waals surface area contributed by atoms with E-state index in [0.717, 1.165) is 18.2 Å². The summed E-state index contributed by atoms with van der Waals surface area (Å²) < 4.78 is 64.8. The lowest BCUT2D eigenvalue weighted by atomic mass is 10.0. The van der Waals surface area contributed by atoms with Gasteiger partial charge in [-0.05, 0) is 38.1 Å². The van der Waals surface area contributed by atoms with E-state index in [2.05, 4.69) is 15.0 Å². The minimum absolute atomic E-state index is 0.00954. The van der Waals surface area contributed by atoms with Crippen molar-refractivity contribution in [2.45, 2.75) is 24.8 Å². The lowest BCUT2D eigenvalue weighted by Crippen LogP contribution is -2.25. The first kappa shape index (κ1) is 25.3. The van der Waals surface area contributed by atoms with Crippen molar-refractivity contribution in [3.05, 3.63) is 63.7 Å². The standard InChI is InChI=1S/C22H19ClF2N6O4S/c1-10(2)31-19-11(8-28-22(26)29-19)6-13(21(31)32)17-14(24)4-5-15(18(17)25)30-36(33,34)16-7-12(23)9-27-20(16)35-3/h4-10,30H,1-3H3,(H2,26,28,29). The van der Waals surface area contributed by atoms with E-state index in [-0.39, 0.29) is 28.1 Å². The molecule has 0 aliphatic rings. The van der Waals surface area contributed by atoms with Crippen LogP contribution in [-0.2, 0) is 10.0 Å². The second kappa shape index (κ2) is 9.32. The molecular weight excluding hydrogens is 518 g/mol. The number of aromatic nitrogens is 4. The average Bonchev–Trinajstić information content (AvgIpc) is 2.81. The van der Waals surface area contributed by atoms with Crippen LogP contribution in [0.1, 0.15) is 19.9 Å². The molecule has 0 unspecified atom stereocenters. The van der Waals surface area contributed by atoms with E-state index < -0.39 is 49.4 Å². The molecule has 0 saturated carbocycles. The molecule has 0 aliphatic carbocycles. The van der Waals surface area contributed by atoms with Crippen molar-refractivity contribution in [2.24, 2.45) is 0 Å². The molecule has 4 aromatic rings. The predicted molar refractivity (Wildman–Crippen MR) is 131 cm³/mol. The van der Waals surface area contributed by atoms with Gasteiger partial charge in [0.2, 0.25) is 11.8 Å². The zero-order valence-electron chi connectivity index (χ0n) is 19.1. The van der Waals surface area contributed by atoms with Crippen LogP contribution in [0.3, 0.4) is 0 Å². The van der Waals surface area contributed by atoms with Crippen molar-refractivity contribution in [1.29, 1.82) is 0 Å². The molecule has 36 heavy (non-hydrogen) atoms. The molecule has 0 atom stereocenters. The summed E-state index contributed by atoms with van der Waals surface area (Å²) in [5.74, 6) is -2.76. The van der Waals surface area contributed by atoms with E-state index >= 15 is 4.39 Å². The summed E-state index contributed by atoms with van der Waals surface area (Å²) >= 11 is 5.87. The predicted octanol–water partition coefficient (Wildman–Crippen LogP) is 3.76. The first-order valence-electron chi connectivity index (χ1n) is 10.3. The van der Waals surface area contributed by atoms with Crippen molar-refractivity contribution >= 4 is 44.3 Å². The quantitative estimate of drug-likeness (QED) is 0.379. The summed E-state index contributed by atoms with van der Waals surface area (Å²) in [7, 11) is -3.29. The summed E-state index contributed by atoms with van der Waals surface area (Å²) in [4.78, 5) is 24.6. The van der Waals surface area contributed by atoms with Crippen LogP contribution in [0.5, 0.6) is 5.88 Å². The van der Waals surface area contributed by atoms with Gasteiger partial charge in [-0.2, -0.15) is 4.98 Å². The summed E-state index contributed by atoms with van der Waals surface area (Å²) in [6.45, 7) is 3.37. The summed E-state index contributed by atoms with van der Waals surface area (Å²) in [5.41, 5.74) is 3.38. The van der Waals surface area contributed by atoms with Gasteiger partial charge in [-0.1, -0.05) is 11.6 Å². The number of nitrogen functional groups attached to an aromatic ring is 1. The minimum atomic E-state index is -4.49. The number of pyridine rings is 2. The number of fused-ring (bicyclic) bond motifs is 1. The average molecular weight is 537 g/mol. The van der Waals surface area contributed by atoms with Gasteiger partial charge in [-0.3, -0.25) is 14.1 Å². The van der Waals surface area contributed by atoms with Crippen molar-refractivity contribution < 1.29 is 21.9 Å². The van der Waals surface area contributed by atoms with Crippen molar-refractivity contribution in [3.8, 4) is 17.0 Å². The SMILES string of the molecule is COc1ncc(Cl)cc1S(=O)(=O)Nc1ccc(F)c(-c2cc3cnc(N)nc3n(C(C)C)c2=O)c1F. The Morgan fingerprint density at radius 2 is 1.89 bits per heavy atom. The van der Waals surface area contributed by atoms with Crippen LogP contribution in [0.15, 0.2) is 46.3 Å². The Morgan fingerprint density at radius 3 is 2.56 bits per heavy atom. The highest BCUT2D eigenvalue weighted by Crippen LogP contribution is 2.33. The Kier molecular flexibility index (Phi) is 6.54. The number of halogens is 3. The lowest BCUT2D eigenvalue weighted by Gasteiger charge is -2.17. The molecular formula is C22H19ClF2N6O4S. The molecule has 0 aliphatic heterocycles.